The summed E-state index contributed by atoms with van der Waals surface area (Å²) in [6.07, 6.45) is 1.84. The van der Waals surface area contributed by atoms with Crippen LogP contribution in [0.4, 0.5) is 0 Å². The molecule has 4 heteroatoms. The molecular weight excluding hydrogens is 286 g/mol. The van der Waals surface area contributed by atoms with Crippen LogP contribution < -0.4 is 15.2 Å². The lowest BCUT2D eigenvalue weighted by Crippen LogP contribution is -2.11. The lowest BCUT2D eigenvalue weighted by Gasteiger charge is -2.12. The molecule has 0 bridgehead atoms. The van der Waals surface area contributed by atoms with Crippen molar-refractivity contribution in [2.24, 2.45) is 5.73 Å². The van der Waals surface area contributed by atoms with Crippen LogP contribution in [0.2, 0.25) is 0 Å². The number of hydrogen-bond donors (Lipinski definition) is 1. The van der Waals surface area contributed by atoms with Crippen molar-refractivity contribution in [3.05, 3.63) is 59.7 Å². The molecule has 0 saturated carbocycles. The van der Waals surface area contributed by atoms with E-state index in [1.165, 1.54) is 11.1 Å². The number of nitrogens with two attached hydrogens (primary N) is 1. The van der Waals surface area contributed by atoms with Crippen LogP contribution in [-0.2, 0) is 12.8 Å². The van der Waals surface area contributed by atoms with Gasteiger partial charge in [0.1, 0.15) is 18.1 Å². The number of rotatable bonds is 7. The van der Waals surface area contributed by atoms with Crippen molar-refractivity contribution < 1.29 is 9.47 Å². The Kier molecular flexibility index (Phi) is 7.65. The predicted octanol–water partition coefficient (Wildman–Crippen LogP) is 3.24. The van der Waals surface area contributed by atoms with Gasteiger partial charge in [0.05, 0.1) is 7.11 Å². The lowest BCUT2D eigenvalue weighted by atomic mass is 10.0. The van der Waals surface area contributed by atoms with Crippen LogP contribution in [0, 0.1) is 0 Å². The van der Waals surface area contributed by atoms with Gasteiger partial charge in [-0.1, -0.05) is 36.4 Å². The van der Waals surface area contributed by atoms with E-state index in [0.717, 1.165) is 24.3 Å². The van der Waals surface area contributed by atoms with E-state index in [2.05, 4.69) is 12.1 Å². The summed E-state index contributed by atoms with van der Waals surface area (Å²) in [5, 5.41) is 0. The summed E-state index contributed by atoms with van der Waals surface area (Å²) in [4.78, 5) is 0. The van der Waals surface area contributed by atoms with Gasteiger partial charge in [-0.15, -0.1) is 12.4 Å². The van der Waals surface area contributed by atoms with Crippen LogP contribution in [0.1, 0.15) is 11.1 Å². The Morgan fingerprint density at radius 2 is 1.38 bits per heavy atom. The number of hydrogen-bond acceptors (Lipinski definition) is 3. The number of halogens is 1. The zero-order chi connectivity index (χ0) is 14.2. The molecule has 0 aromatic heterocycles. The van der Waals surface area contributed by atoms with Crippen molar-refractivity contribution in [2.45, 2.75) is 12.8 Å². The quantitative estimate of drug-likeness (QED) is 0.854. The Hall–Kier alpha value is -1.71. The molecule has 2 aromatic rings. The fourth-order valence-corrected chi connectivity index (χ4v) is 2.20. The highest BCUT2D eigenvalue weighted by molar-refractivity contribution is 5.85. The summed E-state index contributed by atoms with van der Waals surface area (Å²) in [6.45, 7) is 1.08. The normalized spacial score (nSPS) is 9.81. The Bertz CT molecular complexity index is 546. The maximum absolute atomic E-state index is 5.68. The lowest BCUT2D eigenvalue weighted by molar-refractivity contribution is 0.324. The van der Waals surface area contributed by atoms with Crippen LogP contribution in [0.3, 0.4) is 0 Å². The highest BCUT2D eigenvalue weighted by Crippen LogP contribution is 2.23. The molecule has 0 unspecified atom stereocenters. The molecule has 2 N–H and O–H groups in total. The fourth-order valence-electron chi connectivity index (χ4n) is 2.20. The van der Waals surface area contributed by atoms with Gasteiger partial charge in [0.15, 0.2) is 0 Å². The van der Waals surface area contributed by atoms with E-state index in [9.17, 15) is 0 Å². The molecule has 0 fully saturated rings. The first-order chi connectivity index (χ1) is 9.85. The van der Waals surface area contributed by atoms with Crippen molar-refractivity contribution in [3.63, 3.8) is 0 Å². The van der Waals surface area contributed by atoms with E-state index in [1.54, 1.807) is 7.11 Å². The van der Waals surface area contributed by atoms with Gasteiger partial charge in [0.2, 0.25) is 0 Å². The van der Waals surface area contributed by atoms with Gasteiger partial charge in [0, 0.05) is 6.54 Å². The summed E-state index contributed by atoms with van der Waals surface area (Å²) in [7, 11) is 1.71. The van der Waals surface area contributed by atoms with Gasteiger partial charge < -0.3 is 15.2 Å². The first-order valence-electron chi connectivity index (χ1n) is 6.88. The molecule has 0 aliphatic heterocycles. The van der Waals surface area contributed by atoms with Gasteiger partial charge in [-0.25, -0.2) is 0 Å². The molecule has 2 aromatic carbocycles. The zero-order valence-corrected chi connectivity index (χ0v) is 13.1. The van der Waals surface area contributed by atoms with E-state index in [1.807, 2.05) is 36.4 Å². The molecule has 3 nitrogen and oxygen atoms in total. The highest BCUT2D eigenvalue weighted by atomic mass is 35.5. The van der Waals surface area contributed by atoms with Gasteiger partial charge in [-0.05, 0) is 36.1 Å². The number of aryl methyl sites for hydroxylation is 2. The summed E-state index contributed by atoms with van der Waals surface area (Å²) >= 11 is 0. The van der Waals surface area contributed by atoms with E-state index in [4.69, 9.17) is 15.2 Å². The standard InChI is InChI=1S/C17H21NO2.ClH/c1-19-16-8-4-2-6-14(16)10-11-15-7-3-5-9-17(15)20-13-12-18;/h2-9H,10-13,18H2,1H3;1H. The third kappa shape index (κ3) is 4.96. The molecule has 0 radical (unpaired) electrons. The molecule has 0 heterocycles. The van der Waals surface area contributed by atoms with Crippen molar-refractivity contribution in [1.82, 2.24) is 0 Å². The topological polar surface area (TPSA) is 44.5 Å². The monoisotopic (exact) mass is 307 g/mol. The number of para-hydroxylation sites is 2. The average molecular weight is 308 g/mol. The minimum Gasteiger partial charge on any atom is -0.496 e. The number of benzene rings is 2. The number of methoxy groups -OCH3 is 1. The summed E-state index contributed by atoms with van der Waals surface area (Å²) in [6, 6.07) is 16.2. The van der Waals surface area contributed by atoms with Crippen LogP contribution in [0.25, 0.3) is 0 Å². The predicted molar refractivity (Wildman–Crippen MR) is 88.6 cm³/mol. The Morgan fingerprint density at radius 3 is 1.95 bits per heavy atom. The number of ether oxygens (including phenoxy) is 2. The molecular formula is C17H22ClNO2. The smallest absolute Gasteiger partial charge is 0.122 e. The zero-order valence-electron chi connectivity index (χ0n) is 12.2. The second-order valence-electron chi connectivity index (χ2n) is 4.56. The molecule has 0 atom stereocenters. The van der Waals surface area contributed by atoms with Gasteiger partial charge in [0.25, 0.3) is 0 Å². The van der Waals surface area contributed by atoms with E-state index in [0.29, 0.717) is 13.2 Å². The third-order valence-electron chi connectivity index (χ3n) is 3.20. The van der Waals surface area contributed by atoms with Crippen molar-refractivity contribution >= 4 is 12.4 Å². The molecule has 0 spiro atoms. The molecule has 21 heavy (non-hydrogen) atoms. The summed E-state index contributed by atoms with van der Waals surface area (Å²) < 4.78 is 11.1. The van der Waals surface area contributed by atoms with Crippen LogP contribution in [0.15, 0.2) is 48.5 Å². The minimum absolute atomic E-state index is 0. The second kappa shape index (κ2) is 9.27. The SMILES string of the molecule is COc1ccccc1CCc1ccccc1OCCN.Cl. The van der Waals surface area contributed by atoms with E-state index < -0.39 is 0 Å². The molecule has 0 aliphatic rings. The molecule has 0 aliphatic carbocycles. The average Bonchev–Trinajstić information content (AvgIpc) is 2.52. The molecule has 114 valence electrons. The van der Waals surface area contributed by atoms with E-state index >= 15 is 0 Å². The van der Waals surface area contributed by atoms with Crippen molar-refractivity contribution in [1.29, 1.82) is 0 Å². The van der Waals surface area contributed by atoms with Gasteiger partial charge >= 0.3 is 0 Å². The fraction of sp³-hybridized carbons (Fsp3) is 0.294. The van der Waals surface area contributed by atoms with Crippen molar-refractivity contribution in [3.8, 4) is 11.5 Å². The van der Waals surface area contributed by atoms with Gasteiger partial charge in [-0.2, -0.15) is 0 Å². The molecule has 2 rings (SSSR count). The Balaban J connectivity index is 0.00000220. The second-order valence-corrected chi connectivity index (χ2v) is 4.56. The largest absolute Gasteiger partial charge is 0.496 e. The van der Waals surface area contributed by atoms with Crippen molar-refractivity contribution in [2.75, 3.05) is 20.3 Å². The van der Waals surface area contributed by atoms with E-state index in [-0.39, 0.29) is 12.4 Å². The summed E-state index contributed by atoms with van der Waals surface area (Å²) in [5.41, 5.74) is 7.90. The summed E-state index contributed by atoms with van der Waals surface area (Å²) in [5.74, 6) is 1.86. The van der Waals surface area contributed by atoms with Crippen LogP contribution in [0.5, 0.6) is 11.5 Å². The Labute approximate surface area is 132 Å². The van der Waals surface area contributed by atoms with Crippen LogP contribution >= 0.6 is 12.4 Å². The highest BCUT2D eigenvalue weighted by Gasteiger charge is 2.06. The molecule has 0 amide bonds. The molecule has 0 saturated heterocycles. The third-order valence-corrected chi connectivity index (χ3v) is 3.20. The van der Waals surface area contributed by atoms with Crippen LogP contribution in [-0.4, -0.2) is 20.3 Å². The van der Waals surface area contributed by atoms with Gasteiger partial charge in [-0.3, -0.25) is 0 Å². The first kappa shape index (κ1) is 17.3. The first-order valence-corrected chi connectivity index (χ1v) is 6.88. The maximum Gasteiger partial charge on any atom is 0.122 e. The maximum atomic E-state index is 5.68. The Morgan fingerprint density at radius 1 is 0.857 bits per heavy atom. The minimum atomic E-state index is 0.